The molecule has 1 amide bonds. The van der Waals surface area contributed by atoms with Crippen molar-refractivity contribution in [2.24, 2.45) is 0 Å². The van der Waals surface area contributed by atoms with Gasteiger partial charge in [-0.15, -0.1) is 10.2 Å². The molecular formula is C16H25N5O3S2. The SMILES string of the molecule is CCN(CC)S(=O)(=O)c1ccc2nnc(SC(C)C(=O)NC(C)C)n2c1. The van der Waals surface area contributed by atoms with Crippen LogP contribution in [0.5, 0.6) is 0 Å². The third-order valence-electron chi connectivity index (χ3n) is 3.77. The van der Waals surface area contributed by atoms with Crippen LogP contribution in [0.15, 0.2) is 28.4 Å². The molecule has 0 radical (unpaired) electrons. The highest BCUT2D eigenvalue weighted by atomic mass is 32.2. The lowest BCUT2D eigenvalue weighted by atomic mass is 10.3. The molecule has 2 aromatic rings. The minimum atomic E-state index is -3.58. The van der Waals surface area contributed by atoms with E-state index in [1.165, 1.54) is 28.3 Å². The lowest BCUT2D eigenvalue weighted by Crippen LogP contribution is -2.36. The van der Waals surface area contributed by atoms with Crippen LogP contribution in [0.1, 0.15) is 34.6 Å². The van der Waals surface area contributed by atoms with Gasteiger partial charge >= 0.3 is 0 Å². The Morgan fingerprint density at radius 3 is 2.46 bits per heavy atom. The second-order valence-corrected chi connectivity index (χ2v) is 9.33. The second kappa shape index (κ2) is 8.36. The number of aromatic nitrogens is 3. The van der Waals surface area contributed by atoms with Gasteiger partial charge < -0.3 is 5.32 Å². The summed E-state index contributed by atoms with van der Waals surface area (Å²) in [4.78, 5) is 12.3. The summed E-state index contributed by atoms with van der Waals surface area (Å²) in [5.74, 6) is -0.103. The lowest BCUT2D eigenvalue weighted by Gasteiger charge is -2.18. The first-order valence-corrected chi connectivity index (χ1v) is 10.8. The topological polar surface area (TPSA) is 96.7 Å². The van der Waals surface area contributed by atoms with Crippen LogP contribution >= 0.6 is 11.8 Å². The van der Waals surface area contributed by atoms with Crippen LogP contribution in [0.3, 0.4) is 0 Å². The third-order valence-corrected chi connectivity index (χ3v) is 6.86. The minimum Gasteiger partial charge on any atom is -0.353 e. The zero-order valence-electron chi connectivity index (χ0n) is 15.6. The second-order valence-electron chi connectivity index (χ2n) is 6.09. The number of nitrogens with zero attached hydrogens (tertiary/aromatic N) is 4. The van der Waals surface area contributed by atoms with Crippen LogP contribution in [-0.2, 0) is 14.8 Å². The normalized spacial score (nSPS) is 13.5. The van der Waals surface area contributed by atoms with Crippen molar-refractivity contribution in [2.75, 3.05) is 13.1 Å². The highest BCUT2D eigenvalue weighted by Crippen LogP contribution is 2.24. The molecule has 1 atom stereocenters. The number of carbonyl (C=O) groups excluding carboxylic acids is 1. The van der Waals surface area contributed by atoms with Crippen molar-refractivity contribution < 1.29 is 13.2 Å². The summed E-state index contributed by atoms with van der Waals surface area (Å²) in [6.07, 6.45) is 1.51. The summed E-state index contributed by atoms with van der Waals surface area (Å²) in [6, 6.07) is 3.19. The van der Waals surface area contributed by atoms with Crippen LogP contribution in [0, 0.1) is 0 Å². The lowest BCUT2D eigenvalue weighted by molar-refractivity contribution is -0.120. The maximum absolute atomic E-state index is 12.7. The van der Waals surface area contributed by atoms with E-state index in [-0.39, 0.29) is 22.1 Å². The molecule has 2 aromatic heterocycles. The Hall–Kier alpha value is -1.65. The fourth-order valence-corrected chi connectivity index (χ4v) is 4.71. The molecule has 10 heteroatoms. The number of hydrogen-bond donors (Lipinski definition) is 1. The Bertz CT molecular complexity index is 875. The van der Waals surface area contributed by atoms with Crippen LogP contribution in [0.4, 0.5) is 0 Å². The first-order chi connectivity index (χ1) is 12.2. The average molecular weight is 400 g/mol. The molecule has 0 saturated heterocycles. The van der Waals surface area contributed by atoms with Crippen molar-refractivity contribution in [3.05, 3.63) is 18.3 Å². The molecule has 0 spiro atoms. The maximum Gasteiger partial charge on any atom is 0.244 e. The highest BCUT2D eigenvalue weighted by molar-refractivity contribution is 8.00. The van der Waals surface area contributed by atoms with Crippen LogP contribution in [0.25, 0.3) is 5.65 Å². The Balaban J connectivity index is 2.35. The molecule has 0 aromatic carbocycles. The summed E-state index contributed by atoms with van der Waals surface area (Å²) in [7, 11) is -3.58. The monoisotopic (exact) mass is 399 g/mol. The molecule has 1 N–H and O–H groups in total. The van der Waals surface area contributed by atoms with Gasteiger partial charge in [-0.3, -0.25) is 9.20 Å². The zero-order chi connectivity index (χ0) is 19.5. The highest BCUT2D eigenvalue weighted by Gasteiger charge is 2.24. The number of thioether (sulfide) groups is 1. The molecule has 0 fully saturated rings. The standard InChI is InChI=1S/C16H25N5O3S2/c1-6-20(7-2)26(23,24)13-8-9-14-18-19-16(21(14)10-13)25-12(5)15(22)17-11(3)4/h8-12H,6-7H2,1-5H3,(H,17,22). The van der Waals surface area contributed by atoms with Gasteiger partial charge in [-0.2, -0.15) is 4.31 Å². The van der Waals surface area contributed by atoms with Gasteiger partial charge in [0.2, 0.25) is 15.9 Å². The number of sulfonamides is 1. The summed E-state index contributed by atoms with van der Waals surface area (Å²) in [5, 5.41) is 11.1. The van der Waals surface area contributed by atoms with Crippen molar-refractivity contribution in [3.8, 4) is 0 Å². The van der Waals surface area contributed by atoms with Crippen molar-refractivity contribution in [1.82, 2.24) is 24.2 Å². The predicted molar refractivity (Wildman–Crippen MR) is 102 cm³/mol. The Morgan fingerprint density at radius 2 is 1.88 bits per heavy atom. The largest absolute Gasteiger partial charge is 0.353 e. The molecule has 2 rings (SSSR count). The summed E-state index contributed by atoms with van der Waals surface area (Å²) in [5.41, 5.74) is 0.530. The molecule has 0 aliphatic carbocycles. The van der Waals surface area contributed by atoms with Crippen molar-refractivity contribution in [1.29, 1.82) is 0 Å². The van der Waals surface area contributed by atoms with Gasteiger partial charge in [-0.25, -0.2) is 8.42 Å². The molecule has 0 saturated carbocycles. The third kappa shape index (κ3) is 4.36. The quantitative estimate of drug-likeness (QED) is 0.680. The van der Waals surface area contributed by atoms with Gasteiger partial charge in [-0.1, -0.05) is 25.6 Å². The first kappa shape index (κ1) is 20.7. The fourth-order valence-electron chi connectivity index (χ4n) is 2.41. The molecule has 0 bridgehead atoms. The smallest absolute Gasteiger partial charge is 0.244 e. The van der Waals surface area contributed by atoms with Gasteiger partial charge in [0, 0.05) is 25.3 Å². The number of hydrogen-bond acceptors (Lipinski definition) is 6. The number of nitrogens with one attached hydrogen (secondary N) is 1. The summed E-state index contributed by atoms with van der Waals surface area (Å²) < 4.78 is 28.5. The Labute approximate surface area is 158 Å². The van der Waals surface area contributed by atoms with Crippen molar-refractivity contribution in [2.45, 2.75) is 56.0 Å². The van der Waals surface area contributed by atoms with E-state index < -0.39 is 10.0 Å². The number of pyridine rings is 1. The molecule has 8 nitrogen and oxygen atoms in total. The fraction of sp³-hybridized carbons (Fsp3) is 0.562. The van der Waals surface area contributed by atoms with Crippen LogP contribution in [-0.4, -0.2) is 57.6 Å². The summed E-state index contributed by atoms with van der Waals surface area (Å²) >= 11 is 1.24. The van der Waals surface area contributed by atoms with Crippen molar-refractivity contribution in [3.63, 3.8) is 0 Å². The molecular weight excluding hydrogens is 374 g/mol. The molecule has 1 unspecified atom stereocenters. The van der Waals surface area contributed by atoms with Gasteiger partial charge in [-0.05, 0) is 32.9 Å². The van der Waals surface area contributed by atoms with E-state index in [1.807, 2.05) is 13.8 Å². The first-order valence-electron chi connectivity index (χ1n) is 8.52. The maximum atomic E-state index is 12.7. The van der Waals surface area contributed by atoms with E-state index in [0.29, 0.717) is 23.9 Å². The van der Waals surface area contributed by atoms with Gasteiger partial charge in [0.15, 0.2) is 10.8 Å². The number of amides is 1. The predicted octanol–water partition coefficient (Wildman–Crippen LogP) is 1.76. The van der Waals surface area contributed by atoms with E-state index in [9.17, 15) is 13.2 Å². The minimum absolute atomic E-state index is 0.0477. The Morgan fingerprint density at radius 1 is 1.23 bits per heavy atom. The zero-order valence-corrected chi connectivity index (χ0v) is 17.3. The van der Waals surface area contributed by atoms with E-state index in [2.05, 4.69) is 15.5 Å². The van der Waals surface area contributed by atoms with E-state index in [0.717, 1.165) is 0 Å². The molecule has 0 aliphatic rings. The number of fused-ring (bicyclic) bond motifs is 1. The average Bonchev–Trinajstić information content (AvgIpc) is 2.97. The van der Waals surface area contributed by atoms with Crippen LogP contribution in [0.2, 0.25) is 0 Å². The Kier molecular flexibility index (Phi) is 6.64. The molecule has 144 valence electrons. The molecule has 2 heterocycles. The van der Waals surface area contributed by atoms with Crippen LogP contribution < -0.4 is 5.32 Å². The van der Waals surface area contributed by atoms with Crippen molar-refractivity contribution >= 4 is 33.3 Å². The van der Waals surface area contributed by atoms with E-state index in [4.69, 9.17) is 0 Å². The number of carbonyl (C=O) groups is 1. The van der Waals surface area contributed by atoms with E-state index >= 15 is 0 Å². The van der Waals surface area contributed by atoms with Gasteiger partial charge in [0.1, 0.15) is 0 Å². The number of rotatable bonds is 8. The van der Waals surface area contributed by atoms with Gasteiger partial charge in [0.25, 0.3) is 0 Å². The van der Waals surface area contributed by atoms with E-state index in [1.54, 1.807) is 31.2 Å². The van der Waals surface area contributed by atoms with Gasteiger partial charge in [0.05, 0.1) is 10.1 Å². The molecule has 26 heavy (non-hydrogen) atoms. The molecule has 0 aliphatic heterocycles. The summed E-state index contributed by atoms with van der Waals surface area (Å²) in [6.45, 7) is 9.96.